The number of nitrogens with zero attached hydrogens (tertiary/aromatic N) is 1. The number of carbonyl (C=O) groups is 1. The molecule has 1 atom stereocenters. The maximum absolute atomic E-state index is 12.0. The van der Waals surface area contributed by atoms with Crippen LogP contribution in [0.5, 0.6) is 0 Å². The van der Waals surface area contributed by atoms with Crippen molar-refractivity contribution >= 4 is 11.6 Å². The summed E-state index contributed by atoms with van der Waals surface area (Å²) in [6.07, 6.45) is -0.305. The van der Waals surface area contributed by atoms with Crippen molar-refractivity contribution in [2.45, 2.75) is 12.7 Å². The number of amides is 1. The fourth-order valence-electron chi connectivity index (χ4n) is 2.13. The minimum Gasteiger partial charge on any atom is -0.362 e. The van der Waals surface area contributed by atoms with Gasteiger partial charge in [0, 0.05) is 5.69 Å². The van der Waals surface area contributed by atoms with Crippen molar-refractivity contribution in [3.05, 3.63) is 66.2 Å². The van der Waals surface area contributed by atoms with Gasteiger partial charge in [0.15, 0.2) is 6.10 Å². The number of hydrogen-bond donors (Lipinski definition) is 0. The number of carbonyl (C=O) groups excluding carboxylic acids is 1. The maximum Gasteiger partial charge on any atom is 0.258 e. The lowest BCUT2D eigenvalue weighted by Crippen LogP contribution is -2.57. The third-order valence-electron chi connectivity index (χ3n) is 3.25. The van der Waals surface area contributed by atoms with Gasteiger partial charge in [0.2, 0.25) is 0 Å². The minimum absolute atomic E-state index is 0.0436. The van der Waals surface area contributed by atoms with E-state index in [2.05, 4.69) is 0 Å². The molecule has 0 aliphatic carbocycles. The van der Waals surface area contributed by atoms with Gasteiger partial charge in [0.05, 0.1) is 13.2 Å². The van der Waals surface area contributed by atoms with Crippen molar-refractivity contribution in [1.82, 2.24) is 0 Å². The van der Waals surface area contributed by atoms with Gasteiger partial charge in [-0.05, 0) is 17.7 Å². The number of ether oxygens (including phenoxy) is 1. The van der Waals surface area contributed by atoms with E-state index in [4.69, 9.17) is 4.74 Å². The van der Waals surface area contributed by atoms with Gasteiger partial charge < -0.3 is 9.64 Å². The Hall–Kier alpha value is -2.13. The van der Waals surface area contributed by atoms with Crippen LogP contribution in [0, 0.1) is 0 Å². The minimum atomic E-state index is -0.305. The Balaban J connectivity index is 1.55. The molecular weight excluding hydrogens is 238 g/mol. The van der Waals surface area contributed by atoms with Gasteiger partial charge in [-0.2, -0.15) is 0 Å². The van der Waals surface area contributed by atoms with Crippen LogP contribution in [0.15, 0.2) is 60.7 Å². The largest absolute Gasteiger partial charge is 0.362 e. The lowest BCUT2D eigenvalue weighted by molar-refractivity contribution is -0.138. The molecule has 19 heavy (non-hydrogen) atoms. The zero-order valence-electron chi connectivity index (χ0n) is 10.5. The van der Waals surface area contributed by atoms with E-state index < -0.39 is 0 Å². The molecule has 1 unspecified atom stereocenters. The number of rotatable bonds is 4. The zero-order valence-corrected chi connectivity index (χ0v) is 10.5. The monoisotopic (exact) mass is 253 g/mol. The SMILES string of the molecule is O=C1C(OCc2ccccc2)CN1c1ccccc1. The number of benzene rings is 2. The topological polar surface area (TPSA) is 29.5 Å². The van der Waals surface area contributed by atoms with Crippen molar-refractivity contribution in [1.29, 1.82) is 0 Å². The number of β-lactam (4-membered cyclic amide) rings is 1. The molecule has 0 aromatic heterocycles. The van der Waals surface area contributed by atoms with E-state index in [9.17, 15) is 4.79 Å². The second-order valence-electron chi connectivity index (χ2n) is 4.57. The molecule has 2 aromatic carbocycles. The van der Waals surface area contributed by atoms with E-state index in [0.29, 0.717) is 13.2 Å². The highest BCUT2D eigenvalue weighted by Crippen LogP contribution is 2.23. The molecule has 1 fully saturated rings. The van der Waals surface area contributed by atoms with Gasteiger partial charge in [0.1, 0.15) is 0 Å². The fraction of sp³-hybridized carbons (Fsp3) is 0.188. The molecular formula is C16H15NO2. The van der Waals surface area contributed by atoms with Crippen LogP contribution in [-0.4, -0.2) is 18.6 Å². The summed E-state index contributed by atoms with van der Waals surface area (Å²) in [6, 6.07) is 19.6. The third kappa shape index (κ3) is 2.51. The van der Waals surface area contributed by atoms with E-state index in [-0.39, 0.29) is 12.0 Å². The van der Waals surface area contributed by atoms with Gasteiger partial charge in [-0.15, -0.1) is 0 Å². The van der Waals surface area contributed by atoms with Crippen LogP contribution in [0.1, 0.15) is 5.56 Å². The first-order chi connectivity index (χ1) is 9.34. The van der Waals surface area contributed by atoms with Crippen LogP contribution in [0.4, 0.5) is 5.69 Å². The predicted molar refractivity (Wildman–Crippen MR) is 73.8 cm³/mol. The maximum atomic E-state index is 12.0. The van der Waals surface area contributed by atoms with Crippen LogP contribution in [0.25, 0.3) is 0 Å². The first-order valence-electron chi connectivity index (χ1n) is 6.36. The number of hydrogen-bond acceptors (Lipinski definition) is 2. The first-order valence-corrected chi connectivity index (χ1v) is 6.36. The summed E-state index contributed by atoms with van der Waals surface area (Å²) in [5.74, 6) is 0.0436. The standard InChI is InChI=1S/C16H15NO2/c18-16-15(19-12-13-7-3-1-4-8-13)11-17(16)14-9-5-2-6-10-14/h1-10,15H,11-12H2. The Morgan fingerprint density at radius 3 is 2.26 bits per heavy atom. The molecule has 3 rings (SSSR count). The number of para-hydroxylation sites is 1. The van der Waals surface area contributed by atoms with E-state index in [1.54, 1.807) is 4.90 Å². The van der Waals surface area contributed by atoms with Crippen LogP contribution in [0.2, 0.25) is 0 Å². The highest BCUT2D eigenvalue weighted by molar-refractivity contribution is 6.03. The highest BCUT2D eigenvalue weighted by Gasteiger charge is 2.38. The third-order valence-corrected chi connectivity index (χ3v) is 3.25. The van der Waals surface area contributed by atoms with Crippen LogP contribution in [-0.2, 0) is 16.1 Å². The van der Waals surface area contributed by atoms with Crippen LogP contribution < -0.4 is 4.90 Å². The average molecular weight is 253 g/mol. The Bertz CT molecular complexity index is 551. The second kappa shape index (κ2) is 5.24. The molecule has 0 radical (unpaired) electrons. The van der Waals surface area contributed by atoms with Crippen molar-refractivity contribution in [3.63, 3.8) is 0 Å². The molecule has 0 saturated carbocycles. The van der Waals surface area contributed by atoms with E-state index in [1.165, 1.54) is 0 Å². The molecule has 1 amide bonds. The molecule has 1 heterocycles. The summed E-state index contributed by atoms with van der Waals surface area (Å²) in [5.41, 5.74) is 2.03. The second-order valence-corrected chi connectivity index (χ2v) is 4.57. The van der Waals surface area contributed by atoms with E-state index in [1.807, 2.05) is 60.7 Å². The molecule has 96 valence electrons. The van der Waals surface area contributed by atoms with E-state index >= 15 is 0 Å². The summed E-state index contributed by atoms with van der Waals surface area (Å²) >= 11 is 0. The molecule has 0 N–H and O–H groups in total. The van der Waals surface area contributed by atoms with Crippen molar-refractivity contribution in [2.24, 2.45) is 0 Å². The molecule has 2 aromatic rings. The fourth-order valence-corrected chi connectivity index (χ4v) is 2.13. The van der Waals surface area contributed by atoms with Gasteiger partial charge in [0.25, 0.3) is 5.91 Å². The lowest BCUT2D eigenvalue weighted by atomic mass is 10.1. The predicted octanol–water partition coefficient (Wildman–Crippen LogP) is 2.62. The molecule has 3 nitrogen and oxygen atoms in total. The lowest BCUT2D eigenvalue weighted by Gasteiger charge is -2.38. The normalized spacial score (nSPS) is 18.2. The average Bonchev–Trinajstić information content (AvgIpc) is 2.48. The van der Waals surface area contributed by atoms with Gasteiger partial charge in [-0.3, -0.25) is 4.79 Å². The van der Waals surface area contributed by atoms with Gasteiger partial charge in [-0.1, -0.05) is 48.5 Å². The molecule has 0 bridgehead atoms. The zero-order chi connectivity index (χ0) is 13.1. The van der Waals surface area contributed by atoms with Crippen molar-refractivity contribution in [2.75, 3.05) is 11.4 Å². The summed E-state index contributed by atoms with van der Waals surface area (Å²) in [5, 5.41) is 0. The Morgan fingerprint density at radius 1 is 1.00 bits per heavy atom. The highest BCUT2D eigenvalue weighted by atomic mass is 16.5. The molecule has 3 heteroatoms. The van der Waals surface area contributed by atoms with E-state index in [0.717, 1.165) is 11.3 Å². The smallest absolute Gasteiger partial charge is 0.258 e. The number of anilines is 1. The Labute approximate surface area is 112 Å². The van der Waals surface area contributed by atoms with Gasteiger partial charge >= 0.3 is 0 Å². The summed E-state index contributed by atoms with van der Waals surface area (Å²) in [4.78, 5) is 13.7. The Kier molecular flexibility index (Phi) is 3.29. The molecule has 1 saturated heterocycles. The van der Waals surface area contributed by atoms with Crippen LogP contribution in [0.3, 0.4) is 0 Å². The summed E-state index contributed by atoms with van der Waals surface area (Å²) < 4.78 is 5.64. The van der Waals surface area contributed by atoms with Crippen molar-refractivity contribution in [3.8, 4) is 0 Å². The first kappa shape index (κ1) is 11.9. The van der Waals surface area contributed by atoms with Crippen molar-refractivity contribution < 1.29 is 9.53 Å². The van der Waals surface area contributed by atoms with Gasteiger partial charge in [-0.25, -0.2) is 0 Å². The Morgan fingerprint density at radius 2 is 1.63 bits per heavy atom. The molecule has 1 aliphatic rings. The summed E-state index contributed by atoms with van der Waals surface area (Å²) in [7, 11) is 0. The quantitative estimate of drug-likeness (QED) is 0.784. The van der Waals surface area contributed by atoms with Crippen LogP contribution >= 0.6 is 0 Å². The molecule has 0 spiro atoms. The summed E-state index contributed by atoms with van der Waals surface area (Å²) in [6.45, 7) is 1.12. The molecule has 1 aliphatic heterocycles.